The summed E-state index contributed by atoms with van der Waals surface area (Å²) in [6.45, 7) is 0. The monoisotopic (exact) mass is 311 g/mol. The van der Waals surface area contributed by atoms with E-state index in [0.717, 1.165) is 16.5 Å². The number of fused-ring (bicyclic) bond motifs is 1. The van der Waals surface area contributed by atoms with E-state index >= 15 is 0 Å². The first-order valence-electron chi connectivity index (χ1n) is 7.79. The van der Waals surface area contributed by atoms with Crippen molar-refractivity contribution < 1.29 is 4.79 Å². The van der Waals surface area contributed by atoms with Gasteiger partial charge in [-0.25, -0.2) is 4.98 Å². The molecule has 0 spiro atoms. The predicted molar refractivity (Wildman–Crippen MR) is 99.8 cm³/mol. The Morgan fingerprint density at radius 2 is 1.50 bits per heavy atom. The maximum absolute atomic E-state index is 12.1. The zero-order valence-corrected chi connectivity index (χ0v) is 13.2. The second-order valence-electron chi connectivity index (χ2n) is 5.27. The first-order valence-corrected chi connectivity index (χ1v) is 7.79. The summed E-state index contributed by atoms with van der Waals surface area (Å²) in [6.07, 6.45) is 10.9. The minimum absolute atomic E-state index is 0.0996. The molecule has 0 bridgehead atoms. The van der Waals surface area contributed by atoms with Crippen LogP contribution in [0.4, 0.5) is 0 Å². The summed E-state index contributed by atoms with van der Waals surface area (Å²) < 4.78 is 0. The number of carbonyl (C=O) groups is 1. The van der Waals surface area contributed by atoms with Crippen molar-refractivity contribution in [1.29, 1.82) is 0 Å². The van der Waals surface area contributed by atoms with E-state index in [0.29, 0.717) is 5.69 Å². The molecule has 24 heavy (non-hydrogen) atoms. The van der Waals surface area contributed by atoms with Gasteiger partial charge in [0.1, 0.15) is 5.69 Å². The average molecular weight is 311 g/mol. The zero-order chi connectivity index (χ0) is 16.6. The van der Waals surface area contributed by atoms with Crippen LogP contribution in [-0.2, 0) is 0 Å². The summed E-state index contributed by atoms with van der Waals surface area (Å²) in [5, 5.41) is 1.03. The molecule has 2 heteroatoms. The van der Waals surface area contributed by atoms with Crippen molar-refractivity contribution >= 4 is 22.8 Å². The van der Waals surface area contributed by atoms with Crippen LogP contribution in [0.1, 0.15) is 16.1 Å². The van der Waals surface area contributed by atoms with Gasteiger partial charge in [0.2, 0.25) is 5.78 Å². The molecule has 0 amide bonds. The van der Waals surface area contributed by atoms with Crippen molar-refractivity contribution in [2.75, 3.05) is 0 Å². The second-order valence-corrected chi connectivity index (χ2v) is 5.27. The van der Waals surface area contributed by atoms with Gasteiger partial charge in [0.25, 0.3) is 0 Å². The third-order valence-corrected chi connectivity index (χ3v) is 3.52. The molecule has 1 aromatic heterocycles. The molecule has 0 unspecified atom stereocenters. The van der Waals surface area contributed by atoms with Crippen LogP contribution in [0.3, 0.4) is 0 Å². The third-order valence-electron chi connectivity index (χ3n) is 3.52. The molecule has 0 aliphatic carbocycles. The Kier molecular flexibility index (Phi) is 5.10. The van der Waals surface area contributed by atoms with Crippen LogP contribution in [0.15, 0.2) is 97.1 Å². The first-order chi connectivity index (χ1) is 11.8. The van der Waals surface area contributed by atoms with Crippen LogP contribution in [0.2, 0.25) is 0 Å². The lowest BCUT2D eigenvalue weighted by Gasteiger charge is -1.98. The fourth-order valence-corrected chi connectivity index (χ4v) is 2.29. The van der Waals surface area contributed by atoms with E-state index in [9.17, 15) is 4.79 Å². The molecule has 3 aromatic rings. The Bertz CT molecular complexity index is 921. The number of rotatable bonds is 5. The Balaban J connectivity index is 1.62. The molecule has 3 rings (SSSR count). The lowest BCUT2D eigenvalue weighted by atomic mass is 10.1. The molecule has 0 fully saturated rings. The quantitative estimate of drug-likeness (QED) is 0.366. The highest BCUT2D eigenvalue weighted by molar-refractivity contribution is 6.04. The third kappa shape index (κ3) is 4.14. The SMILES string of the molecule is O=C(C=CC=CC=Cc1ccccc1)c1ccc2ccccc2n1. The summed E-state index contributed by atoms with van der Waals surface area (Å²) in [5.41, 5.74) is 2.43. The highest BCUT2D eigenvalue weighted by Crippen LogP contribution is 2.12. The van der Waals surface area contributed by atoms with Crippen molar-refractivity contribution in [3.8, 4) is 0 Å². The molecule has 2 nitrogen and oxygen atoms in total. The summed E-state index contributed by atoms with van der Waals surface area (Å²) in [6, 6.07) is 21.5. The molecule has 0 aliphatic rings. The van der Waals surface area contributed by atoms with Gasteiger partial charge in [-0.1, -0.05) is 85.0 Å². The van der Waals surface area contributed by atoms with Gasteiger partial charge in [0.15, 0.2) is 0 Å². The van der Waals surface area contributed by atoms with Crippen LogP contribution in [0.25, 0.3) is 17.0 Å². The molecule has 1 heterocycles. The summed E-state index contributed by atoms with van der Waals surface area (Å²) in [4.78, 5) is 16.5. The standard InChI is InChI=1S/C22H17NO/c24-22(21-17-16-19-13-8-9-14-20(19)23-21)15-7-2-1-4-10-18-11-5-3-6-12-18/h1-17H. The molecule has 116 valence electrons. The number of hydrogen-bond donors (Lipinski definition) is 0. The average Bonchev–Trinajstić information content (AvgIpc) is 2.65. The van der Waals surface area contributed by atoms with E-state index in [1.54, 1.807) is 12.1 Å². The number of ketones is 1. The number of pyridine rings is 1. The molecule has 2 aromatic carbocycles. The number of benzene rings is 2. The van der Waals surface area contributed by atoms with E-state index in [1.165, 1.54) is 6.08 Å². The topological polar surface area (TPSA) is 30.0 Å². The zero-order valence-electron chi connectivity index (χ0n) is 13.2. The van der Waals surface area contributed by atoms with Gasteiger partial charge in [0.05, 0.1) is 5.52 Å². The largest absolute Gasteiger partial charge is 0.288 e. The Morgan fingerprint density at radius 3 is 2.38 bits per heavy atom. The minimum atomic E-state index is -0.0996. The van der Waals surface area contributed by atoms with Gasteiger partial charge >= 0.3 is 0 Å². The lowest BCUT2D eigenvalue weighted by molar-refractivity contribution is 0.104. The minimum Gasteiger partial charge on any atom is -0.288 e. The van der Waals surface area contributed by atoms with Crippen molar-refractivity contribution in [3.63, 3.8) is 0 Å². The van der Waals surface area contributed by atoms with Crippen molar-refractivity contribution in [3.05, 3.63) is 108 Å². The van der Waals surface area contributed by atoms with E-state index in [4.69, 9.17) is 0 Å². The highest BCUT2D eigenvalue weighted by Gasteiger charge is 2.03. The number of aromatic nitrogens is 1. The van der Waals surface area contributed by atoms with Gasteiger partial charge in [-0.05, 0) is 23.8 Å². The maximum atomic E-state index is 12.1. The Morgan fingerprint density at radius 1 is 0.750 bits per heavy atom. The van der Waals surface area contributed by atoms with Gasteiger partial charge in [-0.2, -0.15) is 0 Å². The highest BCUT2D eigenvalue weighted by atomic mass is 16.1. The summed E-state index contributed by atoms with van der Waals surface area (Å²) in [7, 11) is 0. The molecular weight excluding hydrogens is 294 g/mol. The number of nitrogens with zero attached hydrogens (tertiary/aromatic N) is 1. The van der Waals surface area contributed by atoms with Crippen molar-refractivity contribution in [1.82, 2.24) is 4.98 Å². The molecule has 0 saturated carbocycles. The van der Waals surface area contributed by atoms with E-state index in [2.05, 4.69) is 4.98 Å². The van der Waals surface area contributed by atoms with Crippen LogP contribution < -0.4 is 0 Å². The van der Waals surface area contributed by atoms with Gasteiger partial charge in [-0.3, -0.25) is 4.79 Å². The van der Waals surface area contributed by atoms with Crippen LogP contribution in [0.5, 0.6) is 0 Å². The lowest BCUT2D eigenvalue weighted by Crippen LogP contribution is -1.97. The molecule has 0 radical (unpaired) electrons. The van der Waals surface area contributed by atoms with Crippen LogP contribution in [0, 0.1) is 0 Å². The first kappa shape index (κ1) is 15.6. The van der Waals surface area contributed by atoms with E-state index < -0.39 is 0 Å². The van der Waals surface area contributed by atoms with Crippen molar-refractivity contribution in [2.45, 2.75) is 0 Å². The molecule has 0 aliphatic heterocycles. The Hall–Kier alpha value is -3.26. The molecule has 0 atom stereocenters. The predicted octanol–water partition coefficient (Wildman–Crippen LogP) is 5.24. The summed E-state index contributed by atoms with van der Waals surface area (Å²) in [5.74, 6) is -0.0996. The molecule has 0 saturated heterocycles. The smallest absolute Gasteiger partial charge is 0.204 e. The van der Waals surface area contributed by atoms with Gasteiger partial charge in [-0.15, -0.1) is 0 Å². The number of para-hydroxylation sites is 1. The number of carbonyl (C=O) groups excluding carboxylic acids is 1. The number of allylic oxidation sites excluding steroid dienone is 5. The van der Waals surface area contributed by atoms with E-state index in [-0.39, 0.29) is 5.78 Å². The van der Waals surface area contributed by atoms with Crippen LogP contribution >= 0.6 is 0 Å². The van der Waals surface area contributed by atoms with Crippen LogP contribution in [-0.4, -0.2) is 10.8 Å². The molecule has 0 N–H and O–H groups in total. The van der Waals surface area contributed by atoms with Crippen molar-refractivity contribution in [2.24, 2.45) is 0 Å². The van der Waals surface area contributed by atoms with Gasteiger partial charge < -0.3 is 0 Å². The summed E-state index contributed by atoms with van der Waals surface area (Å²) >= 11 is 0. The fourth-order valence-electron chi connectivity index (χ4n) is 2.29. The molecular formula is C22H17NO. The number of hydrogen-bond acceptors (Lipinski definition) is 2. The second kappa shape index (κ2) is 7.84. The van der Waals surface area contributed by atoms with E-state index in [1.807, 2.05) is 85.0 Å². The Labute approximate surface area is 141 Å². The normalized spacial score (nSPS) is 11.8. The fraction of sp³-hybridized carbons (Fsp3) is 0. The maximum Gasteiger partial charge on any atom is 0.204 e. The van der Waals surface area contributed by atoms with Gasteiger partial charge in [0, 0.05) is 5.39 Å².